The largest absolute Gasteiger partial charge is 0.494 e. The van der Waals surface area contributed by atoms with Gasteiger partial charge < -0.3 is 9.64 Å². The third kappa shape index (κ3) is 2.28. The Morgan fingerprint density at radius 2 is 1.89 bits per heavy atom. The van der Waals surface area contributed by atoms with Crippen LogP contribution in [0.2, 0.25) is 0 Å². The van der Waals surface area contributed by atoms with Gasteiger partial charge in [0.15, 0.2) is 11.6 Å². The van der Waals surface area contributed by atoms with Gasteiger partial charge in [-0.15, -0.1) is 0 Å². The van der Waals surface area contributed by atoms with Crippen molar-refractivity contribution in [3.8, 4) is 5.75 Å². The van der Waals surface area contributed by atoms with Crippen molar-refractivity contribution in [2.45, 2.75) is 13.0 Å². The second kappa shape index (κ2) is 4.92. The molecule has 0 fully saturated rings. The number of anilines is 1. The smallest absolute Gasteiger partial charge is 0.167 e. The van der Waals surface area contributed by atoms with Crippen LogP contribution in [-0.4, -0.2) is 13.7 Å². The minimum absolute atomic E-state index is 0.293. The van der Waals surface area contributed by atoms with Crippen molar-refractivity contribution in [1.29, 1.82) is 0 Å². The summed E-state index contributed by atoms with van der Waals surface area (Å²) in [4.78, 5) is 2.20. The second-order valence-electron chi connectivity index (χ2n) is 4.76. The van der Waals surface area contributed by atoms with Crippen LogP contribution >= 0.6 is 0 Å². The number of fused-ring (bicyclic) bond motifs is 1. The lowest BCUT2D eigenvalue weighted by Crippen LogP contribution is -2.30. The molecule has 0 saturated carbocycles. The van der Waals surface area contributed by atoms with E-state index >= 15 is 0 Å². The van der Waals surface area contributed by atoms with Crippen LogP contribution in [-0.2, 0) is 13.0 Å². The highest BCUT2D eigenvalue weighted by molar-refractivity contribution is 5.52. The van der Waals surface area contributed by atoms with Gasteiger partial charge in [-0.25, -0.2) is 4.39 Å². The molecule has 1 aliphatic rings. The van der Waals surface area contributed by atoms with Crippen molar-refractivity contribution in [2.24, 2.45) is 0 Å². The summed E-state index contributed by atoms with van der Waals surface area (Å²) in [6.07, 6.45) is 1.00. The maximum Gasteiger partial charge on any atom is 0.167 e. The summed E-state index contributed by atoms with van der Waals surface area (Å²) in [6.45, 7) is 1.75. The van der Waals surface area contributed by atoms with Crippen LogP contribution in [0.15, 0.2) is 42.5 Å². The van der Waals surface area contributed by atoms with Crippen LogP contribution in [0, 0.1) is 5.82 Å². The fourth-order valence-electron chi connectivity index (χ4n) is 2.57. The van der Waals surface area contributed by atoms with Crippen LogP contribution in [0.25, 0.3) is 0 Å². The third-order valence-electron chi connectivity index (χ3n) is 3.63. The first-order valence-electron chi connectivity index (χ1n) is 6.43. The maximum atomic E-state index is 13.7. The predicted molar refractivity (Wildman–Crippen MR) is 74.1 cm³/mol. The van der Waals surface area contributed by atoms with Crippen molar-refractivity contribution in [3.63, 3.8) is 0 Å². The molecule has 0 bridgehead atoms. The molecule has 0 aromatic heterocycles. The Balaban J connectivity index is 1.87. The molecule has 0 aliphatic carbocycles. The SMILES string of the molecule is COc1ccc(N2CCc3ccccc3C2)cc1F. The van der Waals surface area contributed by atoms with E-state index in [-0.39, 0.29) is 5.82 Å². The van der Waals surface area contributed by atoms with Gasteiger partial charge in [0, 0.05) is 24.8 Å². The number of methoxy groups -OCH3 is 1. The molecule has 1 aliphatic heterocycles. The Kier molecular flexibility index (Phi) is 3.11. The molecular formula is C16H16FNO. The van der Waals surface area contributed by atoms with Gasteiger partial charge in [-0.3, -0.25) is 0 Å². The Morgan fingerprint density at radius 3 is 2.63 bits per heavy atom. The van der Waals surface area contributed by atoms with Crippen molar-refractivity contribution < 1.29 is 9.13 Å². The lowest BCUT2D eigenvalue weighted by atomic mass is 9.99. The predicted octanol–water partition coefficient (Wildman–Crippen LogP) is 3.40. The average Bonchev–Trinajstić information content (AvgIpc) is 2.46. The topological polar surface area (TPSA) is 12.5 Å². The molecule has 3 rings (SSSR count). The van der Waals surface area contributed by atoms with E-state index in [1.807, 2.05) is 6.07 Å². The summed E-state index contributed by atoms with van der Waals surface area (Å²) in [7, 11) is 1.48. The van der Waals surface area contributed by atoms with Crippen LogP contribution in [0.4, 0.5) is 10.1 Å². The second-order valence-corrected chi connectivity index (χ2v) is 4.76. The van der Waals surface area contributed by atoms with Crippen molar-refractivity contribution in [1.82, 2.24) is 0 Å². The number of hydrogen-bond acceptors (Lipinski definition) is 2. The number of hydrogen-bond donors (Lipinski definition) is 0. The monoisotopic (exact) mass is 257 g/mol. The molecule has 0 N–H and O–H groups in total. The van der Waals surface area contributed by atoms with E-state index in [2.05, 4.69) is 29.2 Å². The number of halogens is 1. The van der Waals surface area contributed by atoms with Crippen molar-refractivity contribution >= 4 is 5.69 Å². The first-order valence-corrected chi connectivity index (χ1v) is 6.43. The van der Waals surface area contributed by atoms with Crippen molar-refractivity contribution in [3.05, 3.63) is 59.4 Å². The molecule has 0 unspecified atom stereocenters. The van der Waals surface area contributed by atoms with Gasteiger partial charge in [0.05, 0.1) is 7.11 Å². The highest BCUT2D eigenvalue weighted by Crippen LogP contribution is 2.27. The van der Waals surface area contributed by atoms with E-state index in [4.69, 9.17) is 4.74 Å². The van der Waals surface area contributed by atoms with E-state index in [0.29, 0.717) is 5.75 Å². The van der Waals surface area contributed by atoms with E-state index in [9.17, 15) is 4.39 Å². The zero-order chi connectivity index (χ0) is 13.2. The van der Waals surface area contributed by atoms with Crippen molar-refractivity contribution in [2.75, 3.05) is 18.6 Å². The maximum absolute atomic E-state index is 13.7. The molecule has 0 atom stereocenters. The molecular weight excluding hydrogens is 241 g/mol. The summed E-state index contributed by atoms with van der Waals surface area (Å²) >= 11 is 0. The van der Waals surface area contributed by atoms with Crippen LogP contribution in [0.3, 0.4) is 0 Å². The average molecular weight is 257 g/mol. The van der Waals surface area contributed by atoms with E-state index < -0.39 is 0 Å². The molecule has 1 heterocycles. The van der Waals surface area contributed by atoms with Crippen LogP contribution < -0.4 is 9.64 Å². The van der Waals surface area contributed by atoms with Gasteiger partial charge in [0.1, 0.15) is 0 Å². The van der Waals surface area contributed by atoms with Crippen LogP contribution in [0.1, 0.15) is 11.1 Å². The minimum Gasteiger partial charge on any atom is -0.494 e. The van der Waals surface area contributed by atoms with Gasteiger partial charge in [-0.05, 0) is 29.7 Å². The molecule has 3 heteroatoms. The molecule has 2 aromatic rings. The third-order valence-corrected chi connectivity index (χ3v) is 3.63. The summed E-state index contributed by atoms with van der Waals surface area (Å²) in [5.74, 6) is -0.0139. The Morgan fingerprint density at radius 1 is 1.11 bits per heavy atom. The number of benzene rings is 2. The summed E-state index contributed by atoms with van der Waals surface area (Å²) in [5, 5.41) is 0. The fraction of sp³-hybridized carbons (Fsp3) is 0.250. The minimum atomic E-state index is -0.307. The standard InChI is InChI=1S/C16H16FNO/c1-19-16-7-6-14(10-15(16)17)18-9-8-12-4-2-3-5-13(12)11-18/h2-7,10H,8-9,11H2,1H3. The molecule has 0 radical (unpaired) electrons. The summed E-state index contributed by atoms with van der Waals surface area (Å²) in [5.41, 5.74) is 3.63. The summed E-state index contributed by atoms with van der Waals surface area (Å²) in [6, 6.07) is 13.6. The number of rotatable bonds is 2. The Labute approximate surface area is 112 Å². The Hall–Kier alpha value is -2.03. The van der Waals surface area contributed by atoms with Gasteiger partial charge in [-0.1, -0.05) is 24.3 Å². The normalized spacial score (nSPS) is 14.1. The number of nitrogens with zero attached hydrogens (tertiary/aromatic N) is 1. The Bertz CT molecular complexity index is 597. The van der Waals surface area contributed by atoms with E-state index in [1.165, 1.54) is 18.2 Å². The highest BCUT2D eigenvalue weighted by atomic mass is 19.1. The molecule has 98 valence electrons. The van der Waals surface area contributed by atoms with Gasteiger partial charge in [-0.2, -0.15) is 0 Å². The molecule has 19 heavy (non-hydrogen) atoms. The van der Waals surface area contributed by atoms with E-state index in [1.54, 1.807) is 12.1 Å². The zero-order valence-corrected chi connectivity index (χ0v) is 10.9. The molecule has 2 nitrogen and oxygen atoms in total. The molecule has 0 saturated heterocycles. The lowest BCUT2D eigenvalue weighted by Gasteiger charge is -2.30. The highest BCUT2D eigenvalue weighted by Gasteiger charge is 2.17. The zero-order valence-electron chi connectivity index (χ0n) is 10.9. The fourth-order valence-corrected chi connectivity index (χ4v) is 2.57. The number of ether oxygens (including phenoxy) is 1. The lowest BCUT2D eigenvalue weighted by molar-refractivity contribution is 0.386. The van der Waals surface area contributed by atoms with Gasteiger partial charge in [0.2, 0.25) is 0 Å². The first-order chi connectivity index (χ1) is 9.28. The molecule has 0 spiro atoms. The quantitative estimate of drug-likeness (QED) is 0.817. The van der Waals surface area contributed by atoms with Gasteiger partial charge >= 0.3 is 0 Å². The molecule has 2 aromatic carbocycles. The summed E-state index contributed by atoms with van der Waals surface area (Å²) < 4.78 is 18.7. The van der Waals surface area contributed by atoms with E-state index in [0.717, 1.165) is 25.2 Å². The first kappa shape index (κ1) is 12.0. The molecule has 0 amide bonds. The van der Waals surface area contributed by atoms with Gasteiger partial charge in [0.25, 0.3) is 0 Å². The van der Waals surface area contributed by atoms with Crippen LogP contribution in [0.5, 0.6) is 5.75 Å².